The minimum atomic E-state index is -0.850. The summed E-state index contributed by atoms with van der Waals surface area (Å²) in [4.78, 5) is 23.8. The molecule has 1 heterocycles. The first-order valence-corrected chi connectivity index (χ1v) is 9.53. The van der Waals surface area contributed by atoms with E-state index in [1.54, 1.807) is 43.3 Å². The lowest BCUT2D eigenvalue weighted by Crippen LogP contribution is -2.29. The van der Waals surface area contributed by atoms with Gasteiger partial charge in [-0.25, -0.2) is 9.59 Å². The number of esters is 1. The van der Waals surface area contributed by atoms with Crippen LogP contribution in [-0.2, 0) is 20.9 Å². The van der Waals surface area contributed by atoms with Crippen molar-refractivity contribution in [2.24, 2.45) is 0 Å². The molecule has 0 spiro atoms. The molecule has 10 heteroatoms. The third-order valence-electron chi connectivity index (χ3n) is 4.15. The summed E-state index contributed by atoms with van der Waals surface area (Å²) in [5, 5.41) is 15.6. The lowest BCUT2D eigenvalue weighted by molar-refractivity contribution is -0.808. The van der Waals surface area contributed by atoms with Crippen LogP contribution in [0.15, 0.2) is 59.2 Å². The van der Waals surface area contributed by atoms with Gasteiger partial charge in [0.1, 0.15) is 0 Å². The van der Waals surface area contributed by atoms with Gasteiger partial charge in [-0.3, -0.25) is 4.63 Å². The molecule has 0 aliphatic heterocycles. The molecule has 0 amide bonds. The normalized spacial score (nSPS) is 10.7. The highest BCUT2D eigenvalue weighted by Crippen LogP contribution is 2.29. The highest BCUT2D eigenvalue weighted by molar-refractivity contribution is 5.87. The molecule has 0 fully saturated rings. The van der Waals surface area contributed by atoms with Gasteiger partial charge >= 0.3 is 12.1 Å². The molecule has 10 nitrogen and oxygen atoms in total. The van der Waals surface area contributed by atoms with Gasteiger partial charge < -0.3 is 24.2 Å². The van der Waals surface area contributed by atoms with Gasteiger partial charge in [0.05, 0.1) is 13.7 Å². The third-order valence-corrected chi connectivity index (χ3v) is 4.15. The van der Waals surface area contributed by atoms with Gasteiger partial charge in [-0.15, -0.1) is 0 Å². The summed E-state index contributed by atoms with van der Waals surface area (Å²) in [6.07, 6.45) is 1.82. The van der Waals surface area contributed by atoms with E-state index in [0.29, 0.717) is 16.8 Å². The van der Waals surface area contributed by atoms with Crippen LogP contribution < -0.4 is 14.4 Å². The fourth-order valence-corrected chi connectivity index (χ4v) is 2.66. The molecule has 1 aromatic heterocycles. The molecule has 0 saturated heterocycles. The number of carbonyl (C=O) groups is 2. The molecule has 0 atom stereocenters. The topological polar surface area (TPSA) is 124 Å². The summed E-state index contributed by atoms with van der Waals surface area (Å²) in [6.45, 7) is 1.52. The van der Waals surface area contributed by atoms with Crippen LogP contribution in [0.1, 0.15) is 18.2 Å². The smallest absolute Gasteiger partial charge is 0.493 e. The Morgan fingerprint density at radius 2 is 1.91 bits per heavy atom. The Hall–Kier alpha value is -4.34. The van der Waals surface area contributed by atoms with Crippen molar-refractivity contribution in [3.05, 3.63) is 71.1 Å². The van der Waals surface area contributed by atoms with Crippen LogP contribution in [0.3, 0.4) is 0 Å². The van der Waals surface area contributed by atoms with Crippen LogP contribution in [0.4, 0.5) is 4.79 Å². The first kappa shape index (κ1) is 22.3. The third kappa shape index (κ3) is 5.63. The maximum Gasteiger partial charge on any atom is 0.513 e. The van der Waals surface area contributed by atoms with Gasteiger partial charge in [0.2, 0.25) is 5.69 Å². The van der Waals surface area contributed by atoms with E-state index in [4.69, 9.17) is 18.9 Å². The van der Waals surface area contributed by atoms with Crippen molar-refractivity contribution in [3.63, 3.8) is 0 Å². The van der Waals surface area contributed by atoms with E-state index in [1.807, 2.05) is 6.07 Å². The minimum Gasteiger partial charge on any atom is -0.493 e. The van der Waals surface area contributed by atoms with Crippen LogP contribution >= 0.6 is 0 Å². The first-order chi connectivity index (χ1) is 15.5. The quantitative estimate of drug-likeness (QED) is 0.225. The summed E-state index contributed by atoms with van der Waals surface area (Å²) < 4.78 is 24.8. The number of nitrogens with zero attached hydrogens (tertiary/aromatic N) is 2. The van der Waals surface area contributed by atoms with Crippen molar-refractivity contribution < 1.29 is 38.1 Å². The molecule has 0 N–H and O–H groups in total. The Balaban J connectivity index is 1.64. The molecule has 0 unspecified atom stereocenters. The van der Waals surface area contributed by atoms with E-state index in [9.17, 15) is 14.8 Å². The molecule has 0 saturated carbocycles. The number of methoxy groups -OCH3 is 1. The Morgan fingerprint density at radius 1 is 1.12 bits per heavy atom. The van der Waals surface area contributed by atoms with Crippen LogP contribution in [0.2, 0.25) is 0 Å². The van der Waals surface area contributed by atoms with Crippen molar-refractivity contribution in [2.75, 3.05) is 13.7 Å². The van der Waals surface area contributed by atoms with Crippen LogP contribution in [0.5, 0.6) is 11.5 Å². The number of benzene rings is 2. The van der Waals surface area contributed by atoms with Gasteiger partial charge in [0, 0.05) is 16.8 Å². The van der Waals surface area contributed by atoms with Gasteiger partial charge in [0.15, 0.2) is 18.1 Å². The van der Waals surface area contributed by atoms with Crippen molar-refractivity contribution in [2.45, 2.75) is 13.5 Å². The SMILES string of the molecule is CCOC(=O)Oc1ccc(/C=C/C(=O)OCc2c(-c3ccccc3)no[n+]2[O-])cc1OC. The van der Waals surface area contributed by atoms with Crippen molar-refractivity contribution in [1.29, 1.82) is 0 Å². The zero-order valence-electron chi connectivity index (χ0n) is 17.3. The lowest BCUT2D eigenvalue weighted by Gasteiger charge is -2.09. The molecule has 0 aliphatic carbocycles. The minimum absolute atomic E-state index is 0.0695. The van der Waals surface area contributed by atoms with E-state index in [1.165, 1.54) is 25.3 Å². The fourth-order valence-electron chi connectivity index (χ4n) is 2.66. The molecule has 0 aliphatic rings. The first-order valence-electron chi connectivity index (χ1n) is 9.53. The van der Waals surface area contributed by atoms with Crippen molar-refractivity contribution >= 4 is 18.2 Å². The number of carbonyl (C=O) groups excluding carboxylic acids is 2. The van der Waals surface area contributed by atoms with E-state index < -0.39 is 12.1 Å². The molecule has 0 radical (unpaired) electrons. The highest BCUT2D eigenvalue weighted by atomic mass is 16.8. The molecule has 32 heavy (non-hydrogen) atoms. The summed E-state index contributed by atoms with van der Waals surface area (Å²) in [6, 6.07) is 13.6. The number of ether oxygens (including phenoxy) is 4. The largest absolute Gasteiger partial charge is 0.513 e. The Morgan fingerprint density at radius 3 is 2.62 bits per heavy atom. The maximum atomic E-state index is 12.1. The number of rotatable bonds is 8. The zero-order valence-corrected chi connectivity index (χ0v) is 17.3. The Kier molecular flexibility index (Phi) is 7.42. The second-order valence-electron chi connectivity index (χ2n) is 6.23. The van der Waals surface area contributed by atoms with Crippen LogP contribution in [-0.4, -0.2) is 31.0 Å². The summed E-state index contributed by atoms with van der Waals surface area (Å²) in [7, 11) is 1.41. The van der Waals surface area contributed by atoms with Crippen LogP contribution in [0.25, 0.3) is 17.3 Å². The maximum absolute atomic E-state index is 12.1. The Labute approximate surface area is 183 Å². The highest BCUT2D eigenvalue weighted by Gasteiger charge is 2.22. The number of aromatic nitrogens is 2. The molecule has 3 rings (SSSR count). The average Bonchev–Trinajstić information content (AvgIpc) is 3.18. The van der Waals surface area contributed by atoms with Crippen LogP contribution in [0, 0.1) is 5.21 Å². The molecule has 3 aromatic rings. The van der Waals surface area contributed by atoms with E-state index in [-0.39, 0.29) is 35.3 Å². The summed E-state index contributed by atoms with van der Waals surface area (Å²) in [5.74, 6) is -0.236. The fraction of sp³-hybridized carbons (Fsp3) is 0.182. The predicted octanol–water partition coefficient (Wildman–Crippen LogP) is 3.28. The van der Waals surface area contributed by atoms with E-state index >= 15 is 0 Å². The summed E-state index contributed by atoms with van der Waals surface area (Å²) >= 11 is 0. The molecule has 2 aromatic carbocycles. The second kappa shape index (κ2) is 10.6. The average molecular weight is 440 g/mol. The van der Waals surface area contributed by atoms with E-state index in [2.05, 4.69) is 9.79 Å². The van der Waals surface area contributed by atoms with E-state index in [0.717, 1.165) is 0 Å². The van der Waals surface area contributed by atoms with Crippen molar-refractivity contribution in [3.8, 4) is 22.8 Å². The molecular formula is C22H20N2O8. The number of hydrogen-bond acceptors (Lipinski definition) is 9. The van der Waals surface area contributed by atoms with Crippen molar-refractivity contribution in [1.82, 2.24) is 5.16 Å². The number of hydrogen-bond donors (Lipinski definition) is 0. The van der Waals surface area contributed by atoms with Gasteiger partial charge in [-0.05, 0) is 35.6 Å². The second-order valence-corrected chi connectivity index (χ2v) is 6.23. The molecular weight excluding hydrogens is 420 g/mol. The van der Waals surface area contributed by atoms with Gasteiger partial charge in [-0.2, -0.15) is 0 Å². The molecule has 0 bridgehead atoms. The van der Waals surface area contributed by atoms with Gasteiger partial charge in [0.25, 0.3) is 5.69 Å². The lowest BCUT2D eigenvalue weighted by atomic mass is 10.1. The van der Waals surface area contributed by atoms with Gasteiger partial charge in [-0.1, -0.05) is 36.4 Å². The summed E-state index contributed by atoms with van der Waals surface area (Å²) in [5.41, 5.74) is 1.60. The standard InChI is InChI=1S/C22H20N2O8/c1-3-29-22(26)31-18-11-9-15(13-19(18)28-2)10-12-20(25)30-14-17-21(23-32-24(17)27)16-7-5-4-6-8-16/h4-13H,3,14H2,1-2H3/b12-10+. The Bertz CT molecular complexity index is 1110. The monoisotopic (exact) mass is 440 g/mol. The zero-order chi connectivity index (χ0) is 22.9. The predicted molar refractivity (Wildman–Crippen MR) is 110 cm³/mol. The molecule has 166 valence electrons.